The lowest BCUT2D eigenvalue weighted by molar-refractivity contribution is -0.115. The van der Waals surface area contributed by atoms with Gasteiger partial charge in [0.25, 0.3) is 0 Å². The molecular weight excluding hydrogens is 276 g/mol. The highest BCUT2D eigenvalue weighted by Gasteiger charge is 2.17. The zero-order valence-electron chi connectivity index (χ0n) is 11.6. The fourth-order valence-electron chi connectivity index (χ4n) is 2.11. The Kier molecular flexibility index (Phi) is 5.55. The van der Waals surface area contributed by atoms with Gasteiger partial charge < -0.3 is 15.4 Å². The second kappa shape index (κ2) is 7.40. The molecule has 0 unspecified atom stereocenters. The molecule has 1 saturated heterocycles. The van der Waals surface area contributed by atoms with E-state index >= 15 is 0 Å². The molecule has 0 saturated carbocycles. The molecule has 0 radical (unpaired) electrons. The number of carbonyl (C=O) groups excluding carboxylic acids is 1. The highest BCUT2D eigenvalue weighted by atomic mass is 32.2. The minimum atomic E-state index is -0.662. The van der Waals surface area contributed by atoms with Crippen LogP contribution in [0.25, 0.3) is 0 Å². The molecule has 1 heterocycles. The van der Waals surface area contributed by atoms with Crippen molar-refractivity contribution in [3.63, 3.8) is 0 Å². The van der Waals surface area contributed by atoms with Crippen LogP contribution >= 0.6 is 0 Å². The maximum atomic E-state index is 11.8. The lowest BCUT2D eigenvalue weighted by atomic mass is 10.1. The van der Waals surface area contributed by atoms with E-state index in [1.54, 1.807) is 31.4 Å². The van der Waals surface area contributed by atoms with Crippen LogP contribution in [-0.4, -0.2) is 41.3 Å². The summed E-state index contributed by atoms with van der Waals surface area (Å²) in [5.74, 6) is 2.16. The zero-order valence-corrected chi connectivity index (χ0v) is 12.4. The number of ether oxygens (including phenoxy) is 1. The minimum Gasteiger partial charge on any atom is -0.497 e. The molecule has 1 aromatic rings. The highest BCUT2D eigenvalue weighted by molar-refractivity contribution is 7.85. The molecule has 0 aliphatic carbocycles. The maximum absolute atomic E-state index is 11.8. The molecule has 5 nitrogen and oxygen atoms in total. The molecule has 0 aromatic heterocycles. The highest BCUT2D eigenvalue weighted by Crippen LogP contribution is 2.14. The van der Waals surface area contributed by atoms with Gasteiger partial charge in [0.1, 0.15) is 5.75 Å². The summed E-state index contributed by atoms with van der Waals surface area (Å²) in [7, 11) is 0.944. The van der Waals surface area contributed by atoms with Crippen molar-refractivity contribution in [1.82, 2.24) is 5.32 Å². The summed E-state index contributed by atoms with van der Waals surface area (Å²) < 4.78 is 16.3. The Morgan fingerprint density at radius 3 is 2.55 bits per heavy atom. The number of anilines is 1. The minimum absolute atomic E-state index is 0.0677. The van der Waals surface area contributed by atoms with Crippen LogP contribution in [0.5, 0.6) is 5.75 Å². The van der Waals surface area contributed by atoms with Crippen LogP contribution in [-0.2, 0) is 15.6 Å². The van der Waals surface area contributed by atoms with Gasteiger partial charge in [-0.15, -0.1) is 0 Å². The van der Waals surface area contributed by atoms with Crippen molar-refractivity contribution in [3.8, 4) is 5.75 Å². The largest absolute Gasteiger partial charge is 0.497 e. The molecule has 6 heteroatoms. The second-order valence-corrected chi connectivity index (χ2v) is 6.48. The first-order valence-corrected chi connectivity index (χ1v) is 8.18. The van der Waals surface area contributed by atoms with Crippen molar-refractivity contribution in [3.05, 3.63) is 24.3 Å². The summed E-state index contributed by atoms with van der Waals surface area (Å²) in [6.07, 6.45) is 1.75. The van der Waals surface area contributed by atoms with E-state index < -0.39 is 10.8 Å². The van der Waals surface area contributed by atoms with Crippen molar-refractivity contribution in [2.75, 3.05) is 30.5 Å². The molecule has 1 fully saturated rings. The first kappa shape index (κ1) is 15.0. The van der Waals surface area contributed by atoms with E-state index in [9.17, 15) is 9.00 Å². The van der Waals surface area contributed by atoms with Gasteiger partial charge in [-0.2, -0.15) is 0 Å². The average Bonchev–Trinajstić information content (AvgIpc) is 2.47. The summed E-state index contributed by atoms with van der Waals surface area (Å²) in [6, 6.07) is 7.52. The first-order valence-electron chi connectivity index (χ1n) is 6.69. The summed E-state index contributed by atoms with van der Waals surface area (Å²) in [4.78, 5) is 11.8. The van der Waals surface area contributed by atoms with Crippen LogP contribution in [0.3, 0.4) is 0 Å². The average molecular weight is 296 g/mol. The van der Waals surface area contributed by atoms with Crippen LogP contribution in [0, 0.1) is 0 Å². The molecular formula is C14H20N2O3S. The fraction of sp³-hybridized carbons (Fsp3) is 0.500. The Bertz CT molecular complexity index is 466. The number of rotatable bonds is 5. The lowest BCUT2D eigenvalue weighted by Crippen LogP contribution is -2.40. The van der Waals surface area contributed by atoms with E-state index in [0.717, 1.165) is 35.8 Å². The molecule has 2 N–H and O–H groups in total. The Balaban J connectivity index is 1.73. The summed E-state index contributed by atoms with van der Waals surface area (Å²) in [5, 5.41) is 6.04. The fourth-order valence-corrected chi connectivity index (χ4v) is 3.41. The number of hydrogen-bond acceptors (Lipinski definition) is 4. The monoisotopic (exact) mass is 296 g/mol. The number of benzene rings is 1. The van der Waals surface area contributed by atoms with Crippen LogP contribution < -0.4 is 15.4 Å². The van der Waals surface area contributed by atoms with Gasteiger partial charge in [-0.05, 0) is 37.1 Å². The number of hydrogen-bond donors (Lipinski definition) is 2. The smallest absolute Gasteiger partial charge is 0.238 e. The van der Waals surface area contributed by atoms with Crippen molar-refractivity contribution >= 4 is 22.4 Å². The topological polar surface area (TPSA) is 67.4 Å². The lowest BCUT2D eigenvalue weighted by Gasteiger charge is -2.22. The number of methoxy groups -OCH3 is 1. The van der Waals surface area contributed by atoms with Gasteiger partial charge in [0.15, 0.2) is 0 Å². The predicted molar refractivity (Wildman–Crippen MR) is 80.5 cm³/mol. The van der Waals surface area contributed by atoms with Crippen LogP contribution in [0.2, 0.25) is 0 Å². The van der Waals surface area contributed by atoms with Crippen LogP contribution in [0.4, 0.5) is 5.69 Å². The van der Waals surface area contributed by atoms with Crippen LogP contribution in [0.1, 0.15) is 12.8 Å². The zero-order chi connectivity index (χ0) is 14.4. The summed E-state index contributed by atoms with van der Waals surface area (Å²) in [5.41, 5.74) is 0.752. The van der Waals surface area contributed by atoms with E-state index in [-0.39, 0.29) is 12.5 Å². The van der Waals surface area contributed by atoms with Gasteiger partial charge in [-0.3, -0.25) is 9.00 Å². The van der Waals surface area contributed by atoms with E-state index in [0.29, 0.717) is 6.04 Å². The summed E-state index contributed by atoms with van der Waals surface area (Å²) in [6.45, 7) is 0.281. The Morgan fingerprint density at radius 1 is 1.30 bits per heavy atom. The molecule has 0 bridgehead atoms. The molecule has 1 aliphatic rings. The van der Waals surface area contributed by atoms with Crippen molar-refractivity contribution in [1.29, 1.82) is 0 Å². The quantitative estimate of drug-likeness (QED) is 0.855. The first-order chi connectivity index (χ1) is 9.67. The SMILES string of the molecule is COc1ccc(NC(=O)CNC2CCS(=O)CC2)cc1. The van der Waals surface area contributed by atoms with Crippen molar-refractivity contribution in [2.24, 2.45) is 0 Å². The van der Waals surface area contributed by atoms with Crippen molar-refractivity contribution in [2.45, 2.75) is 18.9 Å². The normalized spacial score (nSPS) is 22.2. The second-order valence-electron chi connectivity index (χ2n) is 4.78. The Labute approximate surface area is 121 Å². The third-order valence-corrected chi connectivity index (χ3v) is 4.70. The molecule has 0 atom stereocenters. The third-order valence-electron chi connectivity index (χ3n) is 3.31. The van der Waals surface area contributed by atoms with Crippen molar-refractivity contribution < 1.29 is 13.7 Å². The predicted octanol–water partition coefficient (Wildman–Crippen LogP) is 1.13. The molecule has 110 valence electrons. The number of amides is 1. The van der Waals surface area contributed by atoms with Gasteiger partial charge in [0.05, 0.1) is 13.7 Å². The van der Waals surface area contributed by atoms with E-state index in [2.05, 4.69) is 10.6 Å². The standard InChI is InChI=1S/C14H20N2O3S/c1-19-13-4-2-12(3-5-13)16-14(17)10-15-11-6-8-20(18)9-7-11/h2-5,11,15H,6-10H2,1H3,(H,16,17). The molecule has 1 aromatic carbocycles. The van der Waals surface area contributed by atoms with Crippen LogP contribution in [0.15, 0.2) is 24.3 Å². The van der Waals surface area contributed by atoms with Gasteiger partial charge in [0.2, 0.25) is 5.91 Å². The van der Waals surface area contributed by atoms with E-state index in [1.165, 1.54) is 0 Å². The van der Waals surface area contributed by atoms with E-state index in [1.807, 2.05) is 0 Å². The molecule has 20 heavy (non-hydrogen) atoms. The van der Waals surface area contributed by atoms with Gasteiger partial charge in [0, 0.05) is 34.0 Å². The molecule has 0 spiro atoms. The molecule has 2 rings (SSSR count). The van der Waals surface area contributed by atoms with Gasteiger partial charge in [-0.25, -0.2) is 0 Å². The van der Waals surface area contributed by atoms with E-state index in [4.69, 9.17) is 4.74 Å². The molecule has 1 amide bonds. The Hall–Kier alpha value is -1.40. The number of carbonyl (C=O) groups is 1. The van der Waals surface area contributed by atoms with Gasteiger partial charge in [-0.1, -0.05) is 0 Å². The number of nitrogens with one attached hydrogen (secondary N) is 2. The molecule has 1 aliphatic heterocycles. The third kappa shape index (κ3) is 4.61. The summed E-state index contributed by atoms with van der Waals surface area (Å²) >= 11 is 0. The Morgan fingerprint density at radius 2 is 1.95 bits per heavy atom. The maximum Gasteiger partial charge on any atom is 0.238 e. The van der Waals surface area contributed by atoms with Gasteiger partial charge >= 0.3 is 0 Å².